The van der Waals surface area contributed by atoms with Crippen LogP contribution in [0.1, 0.15) is 16.1 Å². The molecule has 146 valence electrons. The van der Waals surface area contributed by atoms with E-state index in [-0.39, 0.29) is 0 Å². The molecule has 0 aliphatic carbocycles. The lowest BCUT2D eigenvalue weighted by molar-refractivity contribution is -0.274. The first kappa shape index (κ1) is 20.6. The van der Waals surface area contributed by atoms with Gasteiger partial charge in [0.05, 0.1) is 11.2 Å². The van der Waals surface area contributed by atoms with Crippen LogP contribution in [-0.2, 0) is 6.18 Å². The Balaban J connectivity index is 2.43. The minimum atomic E-state index is -5.26. The van der Waals surface area contributed by atoms with E-state index in [1.165, 1.54) is 0 Å². The van der Waals surface area contributed by atoms with Crippen LogP contribution >= 0.6 is 11.6 Å². The summed E-state index contributed by atoms with van der Waals surface area (Å²) in [5, 5.41) is 8.44. The molecule has 0 saturated heterocycles. The average molecular weight is 420 g/mol. The first-order chi connectivity index (χ1) is 12.3. The van der Waals surface area contributed by atoms with Crippen molar-refractivity contribution in [3.63, 3.8) is 0 Å². The van der Waals surface area contributed by atoms with Crippen molar-refractivity contribution in [1.82, 2.24) is 4.98 Å². The summed E-state index contributed by atoms with van der Waals surface area (Å²) in [6, 6.07) is 2.20. The number of carboxylic acids is 1. The molecule has 27 heavy (non-hydrogen) atoms. The maximum Gasteiger partial charge on any atom is 0.573 e. The first-order valence-corrected chi connectivity index (χ1v) is 6.89. The number of rotatable bonds is 4. The van der Waals surface area contributed by atoms with Gasteiger partial charge in [-0.05, 0) is 12.1 Å². The Morgan fingerprint density at radius 1 is 1.11 bits per heavy atom. The largest absolute Gasteiger partial charge is 0.573 e. The summed E-state index contributed by atoms with van der Waals surface area (Å²) < 4.78 is 96.7. The van der Waals surface area contributed by atoms with Crippen LogP contribution < -0.4 is 9.47 Å². The maximum absolute atomic E-state index is 13.9. The fourth-order valence-electron chi connectivity index (χ4n) is 1.83. The van der Waals surface area contributed by atoms with Crippen LogP contribution in [0.15, 0.2) is 24.4 Å². The summed E-state index contributed by atoms with van der Waals surface area (Å²) in [7, 11) is 0. The molecule has 0 aliphatic heterocycles. The molecule has 1 heterocycles. The van der Waals surface area contributed by atoms with Gasteiger partial charge in [-0.3, -0.25) is 0 Å². The Hall–Kier alpha value is -2.76. The van der Waals surface area contributed by atoms with Gasteiger partial charge in [0, 0.05) is 6.07 Å². The van der Waals surface area contributed by atoms with Crippen molar-refractivity contribution in [2.75, 3.05) is 0 Å². The highest BCUT2D eigenvalue weighted by molar-refractivity contribution is 6.32. The third-order valence-electron chi connectivity index (χ3n) is 2.82. The summed E-state index contributed by atoms with van der Waals surface area (Å²) >= 11 is 5.67. The summed E-state index contributed by atoms with van der Waals surface area (Å²) in [5.74, 6) is -6.45. The molecule has 1 aromatic heterocycles. The van der Waals surface area contributed by atoms with Gasteiger partial charge in [-0.15, -0.1) is 13.2 Å². The Morgan fingerprint density at radius 2 is 1.74 bits per heavy atom. The number of ether oxygens (including phenoxy) is 2. The standard InChI is InChI=1S/C14H5ClF7NO4/c15-6-3-5(27-14(20,21)22)1-2-7(6)26-8-4-23-11(13(17,18)19)10(16)9(8)12(24)25/h1-4H,(H,24,25). The SMILES string of the molecule is O=C(O)c1c(Oc2ccc(OC(F)(F)F)cc2Cl)cnc(C(F)(F)F)c1F. The summed E-state index contributed by atoms with van der Waals surface area (Å²) in [4.78, 5) is 13.9. The molecule has 2 rings (SSSR count). The zero-order chi connectivity index (χ0) is 20.6. The Labute approximate surface area is 149 Å². The molecule has 0 aliphatic rings. The molecule has 5 nitrogen and oxygen atoms in total. The van der Waals surface area contributed by atoms with E-state index in [4.69, 9.17) is 21.4 Å². The zero-order valence-electron chi connectivity index (χ0n) is 12.5. The number of benzene rings is 1. The number of carbonyl (C=O) groups is 1. The molecular formula is C14H5ClF7NO4. The topological polar surface area (TPSA) is 68.7 Å². The molecule has 13 heteroatoms. The minimum Gasteiger partial charge on any atom is -0.477 e. The lowest BCUT2D eigenvalue weighted by Crippen LogP contribution is -2.17. The lowest BCUT2D eigenvalue weighted by atomic mass is 10.2. The number of alkyl halides is 6. The predicted molar refractivity (Wildman–Crippen MR) is 74.4 cm³/mol. The van der Waals surface area contributed by atoms with Gasteiger partial charge in [0.15, 0.2) is 17.3 Å². The molecule has 2 aromatic rings. The van der Waals surface area contributed by atoms with Crippen LogP contribution in [0.2, 0.25) is 5.02 Å². The number of aromatic nitrogens is 1. The van der Waals surface area contributed by atoms with Crippen molar-refractivity contribution in [1.29, 1.82) is 0 Å². The van der Waals surface area contributed by atoms with Crippen LogP contribution in [0, 0.1) is 5.82 Å². The highest BCUT2D eigenvalue weighted by Gasteiger charge is 2.39. The number of hydrogen-bond donors (Lipinski definition) is 1. The third kappa shape index (κ3) is 4.90. The van der Waals surface area contributed by atoms with Crippen molar-refractivity contribution in [3.8, 4) is 17.2 Å². The van der Waals surface area contributed by atoms with Crippen molar-refractivity contribution < 1.29 is 50.1 Å². The molecule has 1 aromatic carbocycles. The van der Waals surface area contributed by atoms with Crippen molar-refractivity contribution >= 4 is 17.6 Å². The molecule has 0 fully saturated rings. The number of halogens is 8. The second-order valence-corrected chi connectivity index (χ2v) is 5.11. The van der Waals surface area contributed by atoms with E-state index >= 15 is 0 Å². The summed E-state index contributed by atoms with van der Waals surface area (Å²) in [5.41, 5.74) is -3.56. The minimum absolute atomic E-state index is 0.297. The first-order valence-electron chi connectivity index (χ1n) is 6.51. The lowest BCUT2D eigenvalue weighted by Gasteiger charge is -2.14. The molecule has 0 radical (unpaired) electrons. The van der Waals surface area contributed by atoms with E-state index < -0.39 is 57.9 Å². The average Bonchev–Trinajstić information content (AvgIpc) is 2.46. The maximum atomic E-state index is 13.9. The monoisotopic (exact) mass is 419 g/mol. The fraction of sp³-hybridized carbons (Fsp3) is 0.143. The highest BCUT2D eigenvalue weighted by atomic mass is 35.5. The van der Waals surface area contributed by atoms with Gasteiger partial charge in [0.2, 0.25) is 0 Å². The summed E-state index contributed by atoms with van der Waals surface area (Å²) in [6.45, 7) is 0. The van der Waals surface area contributed by atoms with Gasteiger partial charge in [-0.2, -0.15) is 13.2 Å². The van der Waals surface area contributed by atoms with E-state index in [1.54, 1.807) is 0 Å². The Morgan fingerprint density at radius 3 is 2.22 bits per heavy atom. The van der Waals surface area contributed by atoms with E-state index in [2.05, 4.69) is 9.72 Å². The quantitative estimate of drug-likeness (QED) is 0.683. The number of carboxylic acid groups (broad SMARTS) is 1. The third-order valence-corrected chi connectivity index (χ3v) is 3.12. The summed E-state index contributed by atoms with van der Waals surface area (Å²) in [6.07, 6.45) is -9.98. The van der Waals surface area contributed by atoms with E-state index in [1.807, 2.05) is 0 Å². The second kappa shape index (κ2) is 7.10. The van der Waals surface area contributed by atoms with Crippen molar-refractivity contribution in [3.05, 3.63) is 46.5 Å². The Bertz CT molecular complexity index is 883. The van der Waals surface area contributed by atoms with Gasteiger partial charge in [0.25, 0.3) is 0 Å². The van der Waals surface area contributed by atoms with Crippen molar-refractivity contribution in [2.24, 2.45) is 0 Å². The van der Waals surface area contributed by atoms with Gasteiger partial charge < -0.3 is 14.6 Å². The molecular weight excluding hydrogens is 415 g/mol. The predicted octanol–water partition coefficient (Wildman–Crippen LogP) is 5.28. The van der Waals surface area contributed by atoms with Gasteiger partial charge in [-0.1, -0.05) is 11.6 Å². The molecule has 0 spiro atoms. The van der Waals surface area contributed by atoms with Crippen LogP contribution in [0.4, 0.5) is 30.7 Å². The molecule has 0 bridgehead atoms. The Kier molecular flexibility index (Phi) is 5.40. The molecule has 0 unspecified atom stereocenters. The second-order valence-electron chi connectivity index (χ2n) is 4.71. The van der Waals surface area contributed by atoms with E-state index in [0.717, 1.165) is 12.1 Å². The molecule has 0 atom stereocenters. The smallest absolute Gasteiger partial charge is 0.477 e. The fourth-order valence-corrected chi connectivity index (χ4v) is 2.03. The number of pyridine rings is 1. The van der Waals surface area contributed by atoms with E-state index in [9.17, 15) is 35.5 Å². The van der Waals surface area contributed by atoms with E-state index in [0.29, 0.717) is 12.3 Å². The molecule has 1 N–H and O–H groups in total. The molecule has 0 saturated carbocycles. The van der Waals surface area contributed by atoms with Gasteiger partial charge in [-0.25, -0.2) is 14.2 Å². The van der Waals surface area contributed by atoms with Crippen LogP contribution in [-0.4, -0.2) is 22.4 Å². The zero-order valence-corrected chi connectivity index (χ0v) is 13.2. The normalized spacial score (nSPS) is 12.0. The van der Waals surface area contributed by atoms with Gasteiger partial charge >= 0.3 is 18.5 Å². The number of nitrogens with zero attached hydrogens (tertiary/aromatic N) is 1. The van der Waals surface area contributed by atoms with Crippen LogP contribution in [0.3, 0.4) is 0 Å². The van der Waals surface area contributed by atoms with Crippen molar-refractivity contribution in [2.45, 2.75) is 12.5 Å². The highest BCUT2D eigenvalue weighted by Crippen LogP contribution is 2.38. The number of aromatic carboxylic acids is 1. The molecule has 0 amide bonds. The number of hydrogen-bond acceptors (Lipinski definition) is 4. The van der Waals surface area contributed by atoms with Crippen LogP contribution in [0.25, 0.3) is 0 Å². The van der Waals surface area contributed by atoms with Crippen LogP contribution in [0.5, 0.6) is 17.2 Å². The van der Waals surface area contributed by atoms with Gasteiger partial charge in [0.1, 0.15) is 17.1 Å².